The molecule has 1 aliphatic rings. The summed E-state index contributed by atoms with van der Waals surface area (Å²) in [6.07, 6.45) is 0.229. The number of esters is 1. The zero-order valence-corrected chi connectivity index (χ0v) is 12.8. The molecule has 1 amide bonds. The number of ether oxygens (including phenoxy) is 2. The quantitative estimate of drug-likeness (QED) is 0.680. The van der Waals surface area contributed by atoms with Crippen molar-refractivity contribution in [3.05, 3.63) is 0 Å². The van der Waals surface area contributed by atoms with Crippen LogP contribution in [0.5, 0.6) is 0 Å². The number of nitrogens with one attached hydrogen (secondary N) is 1. The van der Waals surface area contributed by atoms with Gasteiger partial charge < -0.3 is 19.7 Å². The SMILES string of the molecule is CNC1COCC1C(=O)N(CCC(=O)OC)CC(C)C. The molecule has 1 heterocycles. The van der Waals surface area contributed by atoms with E-state index in [9.17, 15) is 9.59 Å². The van der Waals surface area contributed by atoms with E-state index in [1.165, 1.54) is 7.11 Å². The molecule has 0 aromatic rings. The summed E-state index contributed by atoms with van der Waals surface area (Å²) in [5.41, 5.74) is 0. The minimum atomic E-state index is -0.292. The van der Waals surface area contributed by atoms with Gasteiger partial charge in [-0.25, -0.2) is 0 Å². The van der Waals surface area contributed by atoms with E-state index in [2.05, 4.69) is 23.9 Å². The normalized spacial score (nSPS) is 22.1. The zero-order chi connectivity index (χ0) is 15.1. The molecule has 0 radical (unpaired) electrons. The highest BCUT2D eigenvalue weighted by Gasteiger charge is 2.35. The smallest absolute Gasteiger partial charge is 0.307 e. The number of methoxy groups -OCH3 is 1. The Bertz CT molecular complexity index is 333. The van der Waals surface area contributed by atoms with Crippen LogP contribution in [0.25, 0.3) is 0 Å². The maximum Gasteiger partial charge on any atom is 0.307 e. The van der Waals surface area contributed by atoms with Crippen LogP contribution in [0.2, 0.25) is 0 Å². The number of carbonyl (C=O) groups is 2. The second-order valence-corrected chi connectivity index (χ2v) is 5.54. The molecule has 6 nitrogen and oxygen atoms in total. The van der Waals surface area contributed by atoms with Crippen molar-refractivity contribution in [1.82, 2.24) is 10.2 Å². The summed E-state index contributed by atoms with van der Waals surface area (Å²) in [5, 5.41) is 3.12. The number of hydrogen-bond acceptors (Lipinski definition) is 5. The van der Waals surface area contributed by atoms with Gasteiger partial charge in [-0.1, -0.05) is 13.8 Å². The Labute approximate surface area is 120 Å². The van der Waals surface area contributed by atoms with Crippen LogP contribution in [0.1, 0.15) is 20.3 Å². The first-order valence-electron chi connectivity index (χ1n) is 7.10. The summed E-state index contributed by atoms with van der Waals surface area (Å²) in [4.78, 5) is 25.6. The van der Waals surface area contributed by atoms with Crippen molar-refractivity contribution in [2.45, 2.75) is 26.3 Å². The van der Waals surface area contributed by atoms with E-state index in [0.717, 1.165) is 0 Å². The zero-order valence-electron chi connectivity index (χ0n) is 12.8. The molecule has 0 aromatic heterocycles. The highest BCUT2D eigenvalue weighted by atomic mass is 16.5. The molecule has 0 spiro atoms. The topological polar surface area (TPSA) is 67.9 Å². The maximum atomic E-state index is 12.6. The maximum absolute atomic E-state index is 12.6. The Balaban J connectivity index is 2.65. The Hall–Kier alpha value is -1.14. The van der Waals surface area contributed by atoms with Gasteiger partial charge in [0.1, 0.15) is 0 Å². The minimum absolute atomic E-state index is 0.0512. The van der Waals surface area contributed by atoms with E-state index in [1.807, 2.05) is 7.05 Å². The van der Waals surface area contributed by atoms with E-state index < -0.39 is 0 Å². The highest BCUT2D eigenvalue weighted by molar-refractivity contribution is 5.80. The summed E-state index contributed by atoms with van der Waals surface area (Å²) in [6.45, 7) is 6.15. The lowest BCUT2D eigenvalue weighted by molar-refractivity contribution is -0.142. The predicted octanol–water partition coefficient (Wildman–Crippen LogP) is 0.269. The van der Waals surface area contributed by atoms with Crippen LogP contribution < -0.4 is 5.32 Å². The molecule has 1 saturated heterocycles. The van der Waals surface area contributed by atoms with E-state index in [1.54, 1.807) is 4.90 Å². The molecule has 1 rings (SSSR count). The van der Waals surface area contributed by atoms with Gasteiger partial charge in [0.2, 0.25) is 5.91 Å². The molecule has 20 heavy (non-hydrogen) atoms. The fraction of sp³-hybridized carbons (Fsp3) is 0.857. The molecule has 6 heteroatoms. The van der Waals surface area contributed by atoms with Gasteiger partial charge in [0, 0.05) is 19.1 Å². The Morgan fingerprint density at radius 3 is 2.65 bits per heavy atom. The molecule has 1 N–H and O–H groups in total. The van der Waals surface area contributed by atoms with Crippen LogP contribution in [0.3, 0.4) is 0 Å². The highest BCUT2D eigenvalue weighted by Crippen LogP contribution is 2.17. The van der Waals surface area contributed by atoms with Crippen LogP contribution in [0.15, 0.2) is 0 Å². The first kappa shape index (κ1) is 16.9. The van der Waals surface area contributed by atoms with Crippen molar-refractivity contribution >= 4 is 11.9 Å². The van der Waals surface area contributed by atoms with Gasteiger partial charge in [0.05, 0.1) is 32.7 Å². The van der Waals surface area contributed by atoms with Gasteiger partial charge >= 0.3 is 5.97 Å². The first-order valence-corrected chi connectivity index (χ1v) is 7.10. The van der Waals surface area contributed by atoms with Crippen molar-refractivity contribution in [3.63, 3.8) is 0 Å². The number of carbonyl (C=O) groups excluding carboxylic acids is 2. The third kappa shape index (κ3) is 4.76. The first-order chi connectivity index (χ1) is 9.49. The van der Waals surface area contributed by atoms with Gasteiger partial charge in [0.25, 0.3) is 0 Å². The van der Waals surface area contributed by atoms with E-state index >= 15 is 0 Å². The number of likely N-dealkylation sites (N-methyl/N-ethyl adjacent to an activating group) is 1. The summed E-state index contributed by atoms with van der Waals surface area (Å²) < 4.78 is 10.0. The Morgan fingerprint density at radius 1 is 1.40 bits per heavy atom. The number of rotatable bonds is 7. The molecule has 0 bridgehead atoms. The lowest BCUT2D eigenvalue weighted by Gasteiger charge is -2.28. The van der Waals surface area contributed by atoms with Crippen molar-refractivity contribution in [2.24, 2.45) is 11.8 Å². The molecule has 1 aliphatic heterocycles. The Morgan fingerprint density at radius 2 is 2.10 bits per heavy atom. The summed E-state index contributed by atoms with van der Waals surface area (Å²) in [5.74, 6) is -0.0535. The van der Waals surface area contributed by atoms with Gasteiger partial charge in [-0.15, -0.1) is 0 Å². The Kier molecular flexibility index (Phi) is 6.95. The summed E-state index contributed by atoms with van der Waals surface area (Å²) in [6, 6.07) is 0.0512. The van der Waals surface area contributed by atoms with Crippen LogP contribution in [-0.2, 0) is 19.1 Å². The van der Waals surface area contributed by atoms with Gasteiger partial charge in [0.15, 0.2) is 0 Å². The second kappa shape index (κ2) is 8.21. The van der Waals surface area contributed by atoms with Gasteiger partial charge in [-0.3, -0.25) is 9.59 Å². The third-order valence-corrected chi connectivity index (χ3v) is 3.48. The molecule has 2 atom stereocenters. The average molecular weight is 286 g/mol. The summed E-state index contributed by atoms with van der Waals surface area (Å²) >= 11 is 0. The standard InChI is InChI=1S/C14H26N2O4/c1-10(2)7-16(6-5-13(17)19-4)14(18)11-8-20-9-12(11)15-3/h10-12,15H,5-9H2,1-4H3. The fourth-order valence-electron chi connectivity index (χ4n) is 2.38. The molecule has 0 aromatic carbocycles. The molecule has 116 valence electrons. The molecular weight excluding hydrogens is 260 g/mol. The molecule has 0 aliphatic carbocycles. The number of nitrogens with zero attached hydrogens (tertiary/aromatic N) is 1. The minimum Gasteiger partial charge on any atom is -0.469 e. The van der Waals surface area contributed by atoms with Crippen molar-refractivity contribution in [1.29, 1.82) is 0 Å². The third-order valence-electron chi connectivity index (χ3n) is 3.48. The van der Waals surface area contributed by atoms with E-state index in [-0.39, 0.29) is 30.3 Å². The molecular formula is C14H26N2O4. The fourth-order valence-corrected chi connectivity index (χ4v) is 2.38. The van der Waals surface area contributed by atoms with Crippen molar-refractivity contribution in [2.75, 3.05) is 40.5 Å². The monoisotopic (exact) mass is 286 g/mol. The number of hydrogen-bond donors (Lipinski definition) is 1. The lowest BCUT2D eigenvalue weighted by atomic mass is 10.0. The van der Waals surface area contributed by atoms with Gasteiger partial charge in [-0.2, -0.15) is 0 Å². The van der Waals surface area contributed by atoms with Crippen LogP contribution in [0.4, 0.5) is 0 Å². The molecule has 1 fully saturated rings. The lowest BCUT2D eigenvalue weighted by Crippen LogP contribution is -2.46. The van der Waals surface area contributed by atoms with Crippen LogP contribution in [0, 0.1) is 11.8 Å². The van der Waals surface area contributed by atoms with E-state index in [4.69, 9.17) is 4.74 Å². The average Bonchev–Trinajstić information content (AvgIpc) is 2.90. The predicted molar refractivity (Wildman–Crippen MR) is 75.2 cm³/mol. The second-order valence-electron chi connectivity index (χ2n) is 5.54. The van der Waals surface area contributed by atoms with Crippen LogP contribution >= 0.6 is 0 Å². The van der Waals surface area contributed by atoms with E-state index in [0.29, 0.717) is 32.2 Å². The van der Waals surface area contributed by atoms with Crippen molar-refractivity contribution in [3.8, 4) is 0 Å². The largest absolute Gasteiger partial charge is 0.469 e. The van der Waals surface area contributed by atoms with Crippen LogP contribution in [-0.4, -0.2) is 63.3 Å². The van der Waals surface area contributed by atoms with Gasteiger partial charge in [-0.05, 0) is 13.0 Å². The van der Waals surface area contributed by atoms with Crippen molar-refractivity contribution < 1.29 is 19.1 Å². The molecule has 2 unspecified atom stereocenters. The number of amides is 1. The molecule has 0 saturated carbocycles. The summed E-state index contributed by atoms with van der Waals surface area (Å²) in [7, 11) is 3.19.